The molecule has 0 aliphatic rings. The van der Waals surface area contributed by atoms with Crippen LogP contribution in [0.4, 0.5) is 0 Å². The summed E-state index contributed by atoms with van der Waals surface area (Å²) in [6.07, 6.45) is 2.23. The van der Waals surface area contributed by atoms with Crippen molar-refractivity contribution >= 4 is 27.5 Å². The van der Waals surface area contributed by atoms with Crippen LogP contribution in [0, 0.1) is 0 Å². The highest BCUT2D eigenvalue weighted by molar-refractivity contribution is 9.10. The van der Waals surface area contributed by atoms with Crippen molar-refractivity contribution in [3.8, 4) is 0 Å². The highest BCUT2D eigenvalue weighted by atomic mass is 79.9. The van der Waals surface area contributed by atoms with Gasteiger partial charge in [0.15, 0.2) is 0 Å². The van der Waals surface area contributed by atoms with Crippen molar-refractivity contribution in [1.82, 2.24) is 5.32 Å². The van der Waals surface area contributed by atoms with Crippen LogP contribution in [0.5, 0.6) is 0 Å². The second-order valence-corrected chi connectivity index (χ2v) is 4.85. The van der Waals surface area contributed by atoms with E-state index in [1.807, 2.05) is 12.1 Å². The Morgan fingerprint density at radius 3 is 2.67 bits per heavy atom. The molecule has 0 aromatic heterocycles. The molecule has 0 spiro atoms. The van der Waals surface area contributed by atoms with Crippen LogP contribution in [-0.4, -0.2) is 6.54 Å². The number of hydrogen-bond donors (Lipinski definition) is 1. The number of rotatable bonds is 5. The van der Waals surface area contributed by atoms with Crippen molar-refractivity contribution in [3.63, 3.8) is 0 Å². The average molecular weight is 291 g/mol. The molecule has 0 bridgehead atoms. The fourth-order valence-electron chi connectivity index (χ4n) is 1.55. The fourth-order valence-corrected chi connectivity index (χ4v) is 1.98. The van der Waals surface area contributed by atoms with E-state index in [1.165, 1.54) is 5.56 Å². The third kappa shape index (κ3) is 3.78. The third-order valence-electron chi connectivity index (χ3n) is 2.40. The van der Waals surface area contributed by atoms with Gasteiger partial charge in [-0.3, -0.25) is 0 Å². The summed E-state index contributed by atoms with van der Waals surface area (Å²) in [6, 6.07) is 6.57. The second-order valence-electron chi connectivity index (χ2n) is 3.59. The van der Waals surface area contributed by atoms with E-state index >= 15 is 0 Å². The fraction of sp³-hybridized carbons (Fsp3) is 0.500. The Balaban J connectivity index is 2.78. The van der Waals surface area contributed by atoms with E-state index < -0.39 is 0 Å². The first-order valence-corrected chi connectivity index (χ1v) is 6.54. The van der Waals surface area contributed by atoms with Gasteiger partial charge in [-0.25, -0.2) is 0 Å². The molecule has 0 heterocycles. The minimum atomic E-state index is 0.413. The van der Waals surface area contributed by atoms with Crippen LogP contribution in [0.25, 0.3) is 0 Å². The highest BCUT2D eigenvalue weighted by Crippen LogP contribution is 2.27. The van der Waals surface area contributed by atoms with E-state index in [-0.39, 0.29) is 0 Å². The Hall–Kier alpha value is -0.0500. The predicted molar refractivity (Wildman–Crippen MR) is 70.5 cm³/mol. The van der Waals surface area contributed by atoms with Gasteiger partial charge in [-0.05, 0) is 53.0 Å². The van der Waals surface area contributed by atoms with E-state index in [0.29, 0.717) is 6.04 Å². The van der Waals surface area contributed by atoms with Gasteiger partial charge in [0.2, 0.25) is 0 Å². The molecule has 3 heteroatoms. The maximum absolute atomic E-state index is 6.07. The van der Waals surface area contributed by atoms with Gasteiger partial charge >= 0.3 is 0 Å². The zero-order valence-electron chi connectivity index (χ0n) is 9.19. The monoisotopic (exact) mass is 289 g/mol. The molecule has 1 unspecified atom stereocenters. The van der Waals surface area contributed by atoms with E-state index in [1.54, 1.807) is 0 Å². The van der Waals surface area contributed by atoms with Gasteiger partial charge in [-0.15, -0.1) is 0 Å². The molecule has 15 heavy (non-hydrogen) atoms. The van der Waals surface area contributed by atoms with Crippen LogP contribution in [0.15, 0.2) is 22.7 Å². The Kier molecular flexibility index (Phi) is 5.65. The molecule has 0 fully saturated rings. The van der Waals surface area contributed by atoms with Gasteiger partial charge in [-0.2, -0.15) is 0 Å². The second kappa shape index (κ2) is 6.51. The molecule has 0 amide bonds. The van der Waals surface area contributed by atoms with Gasteiger partial charge in [0.25, 0.3) is 0 Å². The van der Waals surface area contributed by atoms with E-state index in [0.717, 1.165) is 28.9 Å². The van der Waals surface area contributed by atoms with Crippen LogP contribution in [0.1, 0.15) is 38.3 Å². The molecule has 1 nitrogen and oxygen atoms in total. The smallest absolute Gasteiger partial charge is 0.0551 e. The lowest BCUT2D eigenvalue weighted by atomic mass is 10.0. The minimum Gasteiger partial charge on any atom is -0.310 e. The van der Waals surface area contributed by atoms with Gasteiger partial charge < -0.3 is 5.32 Å². The van der Waals surface area contributed by atoms with Gasteiger partial charge in [0.1, 0.15) is 0 Å². The summed E-state index contributed by atoms with van der Waals surface area (Å²) in [4.78, 5) is 0. The predicted octanol–water partition coefficient (Wildman–Crippen LogP) is 4.55. The van der Waals surface area contributed by atoms with Crippen LogP contribution < -0.4 is 5.32 Å². The summed E-state index contributed by atoms with van der Waals surface area (Å²) in [7, 11) is 0. The maximum Gasteiger partial charge on any atom is 0.0551 e. The van der Waals surface area contributed by atoms with Crippen LogP contribution in [0.2, 0.25) is 5.02 Å². The largest absolute Gasteiger partial charge is 0.310 e. The summed E-state index contributed by atoms with van der Waals surface area (Å²) in [5, 5.41) is 4.29. The van der Waals surface area contributed by atoms with E-state index in [9.17, 15) is 0 Å². The third-order valence-corrected chi connectivity index (χ3v) is 3.63. The summed E-state index contributed by atoms with van der Waals surface area (Å²) in [5.74, 6) is 0. The van der Waals surface area contributed by atoms with Gasteiger partial charge in [-0.1, -0.05) is 31.5 Å². The van der Waals surface area contributed by atoms with E-state index in [4.69, 9.17) is 11.6 Å². The number of benzene rings is 1. The van der Waals surface area contributed by atoms with Crippen molar-refractivity contribution in [1.29, 1.82) is 0 Å². The van der Waals surface area contributed by atoms with Crippen molar-refractivity contribution in [2.24, 2.45) is 0 Å². The summed E-state index contributed by atoms with van der Waals surface area (Å²) < 4.78 is 0.957. The quantitative estimate of drug-likeness (QED) is 0.838. The lowest BCUT2D eigenvalue weighted by Gasteiger charge is -2.17. The molecule has 1 rings (SSSR count). The Morgan fingerprint density at radius 2 is 2.13 bits per heavy atom. The molecule has 0 saturated carbocycles. The Bertz CT molecular complexity index is 314. The molecule has 0 radical (unpaired) electrons. The number of nitrogens with one attached hydrogen (secondary N) is 1. The zero-order chi connectivity index (χ0) is 11.3. The van der Waals surface area contributed by atoms with E-state index in [2.05, 4.69) is 41.2 Å². The minimum absolute atomic E-state index is 0.413. The number of hydrogen-bond acceptors (Lipinski definition) is 1. The average Bonchev–Trinajstić information content (AvgIpc) is 2.24. The lowest BCUT2D eigenvalue weighted by molar-refractivity contribution is 0.518. The summed E-state index contributed by atoms with van der Waals surface area (Å²) in [5.41, 5.74) is 1.26. The van der Waals surface area contributed by atoms with Crippen molar-refractivity contribution in [2.45, 2.75) is 32.7 Å². The first-order valence-electron chi connectivity index (χ1n) is 5.37. The molecule has 1 aromatic rings. The summed E-state index contributed by atoms with van der Waals surface area (Å²) >= 11 is 9.47. The first kappa shape index (κ1) is 13.0. The molecule has 1 aromatic carbocycles. The Morgan fingerprint density at radius 1 is 1.40 bits per heavy atom. The summed E-state index contributed by atoms with van der Waals surface area (Å²) in [6.45, 7) is 5.41. The SMILES string of the molecule is CCCNC(CC)c1ccc(Br)c(Cl)c1. The molecule has 1 N–H and O–H groups in total. The normalized spacial score (nSPS) is 12.8. The Labute approximate surface area is 105 Å². The van der Waals surface area contributed by atoms with Crippen LogP contribution in [0.3, 0.4) is 0 Å². The molecular formula is C12H17BrClN. The first-order chi connectivity index (χ1) is 7.19. The number of halogens is 2. The molecule has 0 aliphatic heterocycles. The topological polar surface area (TPSA) is 12.0 Å². The van der Waals surface area contributed by atoms with Crippen molar-refractivity contribution in [2.75, 3.05) is 6.54 Å². The molecular weight excluding hydrogens is 273 g/mol. The standard InChI is InChI=1S/C12H17BrClN/c1-3-7-15-12(4-2)9-5-6-10(13)11(14)8-9/h5-6,8,12,15H,3-4,7H2,1-2H3. The highest BCUT2D eigenvalue weighted by Gasteiger charge is 2.09. The molecule has 84 valence electrons. The van der Waals surface area contributed by atoms with Gasteiger partial charge in [0, 0.05) is 10.5 Å². The maximum atomic E-state index is 6.07. The van der Waals surface area contributed by atoms with Crippen LogP contribution in [-0.2, 0) is 0 Å². The lowest BCUT2D eigenvalue weighted by Crippen LogP contribution is -2.21. The van der Waals surface area contributed by atoms with Gasteiger partial charge in [0.05, 0.1) is 5.02 Å². The molecule has 1 atom stereocenters. The van der Waals surface area contributed by atoms with Crippen molar-refractivity contribution in [3.05, 3.63) is 33.3 Å². The molecule has 0 aliphatic carbocycles. The molecule has 0 saturated heterocycles. The van der Waals surface area contributed by atoms with Crippen molar-refractivity contribution < 1.29 is 0 Å². The zero-order valence-corrected chi connectivity index (χ0v) is 11.5. The van der Waals surface area contributed by atoms with Crippen LogP contribution >= 0.6 is 27.5 Å².